The van der Waals surface area contributed by atoms with Gasteiger partial charge >= 0.3 is 0 Å². The van der Waals surface area contributed by atoms with Gasteiger partial charge in [-0.2, -0.15) is 0 Å². The van der Waals surface area contributed by atoms with Crippen LogP contribution in [0.3, 0.4) is 0 Å². The van der Waals surface area contributed by atoms with Gasteiger partial charge in [-0.25, -0.2) is 0 Å². The second kappa shape index (κ2) is 3.46. The molecule has 1 heterocycles. The summed E-state index contributed by atoms with van der Waals surface area (Å²) in [4.78, 5) is 13.5. The van der Waals surface area contributed by atoms with Crippen molar-refractivity contribution in [3.63, 3.8) is 0 Å². The Hall–Kier alpha value is -0.530. The van der Waals surface area contributed by atoms with Gasteiger partial charge in [0.1, 0.15) is 0 Å². The van der Waals surface area contributed by atoms with Crippen LogP contribution in [0.4, 0.5) is 0 Å². The van der Waals surface area contributed by atoms with Gasteiger partial charge in [-0.15, -0.1) is 0 Å². The summed E-state index contributed by atoms with van der Waals surface area (Å²) in [6.07, 6.45) is 1.11. The molecular weight excluding hydrogens is 150 g/mol. The molecule has 1 fully saturated rings. The Morgan fingerprint density at radius 1 is 1.50 bits per heavy atom. The van der Waals surface area contributed by atoms with E-state index in [9.17, 15) is 4.79 Å². The van der Waals surface area contributed by atoms with Crippen LogP contribution in [0.1, 0.15) is 34.1 Å². The molecule has 2 heteroatoms. The van der Waals surface area contributed by atoms with Gasteiger partial charge in [0.2, 0.25) is 5.91 Å². The molecule has 0 saturated carbocycles. The van der Waals surface area contributed by atoms with Crippen molar-refractivity contribution in [1.29, 1.82) is 0 Å². The van der Waals surface area contributed by atoms with Crippen LogP contribution in [0.25, 0.3) is 0 Å². The van der Waals surface area contributed by atoms with Gasteiger partial charge < -0.3 is 4.90 Å². The number of carbonyl (C=O) groups is 1. The van der Waals surface area contributed by atoms with E-state index in [4.69, 9.17) is 0 Å². The Kier molecular flexibility index (Phi) is 2.76. The van der Waals surface area contributed by atoms with Crippen molar-refractivity contribution < 1.29 is 4.79 Å². The van der Waals surface area contributed by atoms with Crippen molar-refractivity contribution in [1.82, 2.24) is 4.90 Å². The van der Waals surface area contributed by atoms with Gasteiger partial charge in [0.05, 0.1) is 5.92 Å². The molecule has 0 radical (unpaired) electrons. The van der Waals surface area contributed by atoms with Crippen LogP contribution in [-0.2, 0) is 4.79 Å². The third-order valence-electron chi connectivity index (χ3n) is 3.18. The monoisotopic (exact) mass is 169 g/mol. The maximum atomic E-state index is 11.5. The number of carbonyl (C=O) groups excluding carboxylic acids is 1. The van der Waals surface area contributed by atoms with Crippen LogP contribution in [0, 0.1) is 11.8 Å². The summed E-state index contributed by atoms with van der Waals surface area (Å²) >= 11 is 0. The number of rotatable bonds is 3. The highest BCUT2D eigenvalue weighted by Crippen LogP contribution is 2.33. The minimum absolute atomic E-state index is 0.301. The van der Waals surface area contributed by atoms with E-state index in [-0.39, 0.29) is 0 Å². The SMILES string of the molecule is CC[C@H](C)[C@@H]1C(=O)N(CC)[C@H]1C. The zero-order valence-corrected chi connectivity index (χ0v) is 8.50. The van der Waals surface area contributed by atoms with Crippen LogP contribution < -0.4 is 0 Å². The predicted molar refractivity (Wildman–Crippen MR) is 49.8 cm³/mol. The van der Waals surface area contributed by atoms with Crippen molar-refractivity contribution in [2.45, 2.75) is 40.2 Å². The largest absolute Gasteiger partial charge is 0.339 e. The Bertz CT molecular complexity index is 179. The number of likely N-dealkylation sites (tertiary alicyclic amines) is 1. The summed E-state index contributed by atoms with van der Waals surface area (Å²) in [6.45, 7) is 9.39. The molecule has 0 aromatic carbocycles. The lowest BCUT2D eigenvalue weighted by atomic mass is 9.78. The van der Waals surface area contributed by atoms with E-state index in [1.54, 1.807) is 0 Å². The summed E-state index contributed by atoms with van der Waals surface area (Å²) in [5.41, 5.74) is 0. The van der Waals surface area contributed by atoms with Gasteiger partial charge in [0, 0.05) is 12.6 Å². The molecule has 1 aliphatic rings. The number of hydrogen-bond acceptors (Lipinski definition) is 1. The fraction of sp³-hybridized carbons (Fsp3) is 0.900. The van der Waals surface area contributed by atoms with E-state index in [0.29, 0.717) is 23.8 Å². The number of hydrogen-bond donors (Lipinski definition) is 0. The van der Waals surface area contributed by atoms with E-state index in [1.807, 2.05) is 11.8 Å². The molecule has 0 aromatic heterocycles. The minimum Gasteiger partial charge on any atom is -0.339 e. The second-order valence-electron chi connectivity index (χ2n) is 3.78. The van der Waals surface area contributed by atoms with E-state index in [2.05, 4.69) is 20.8 Å². The Morgan fingerprint density at radius 2 is 2.08 bits per heavy atom. The molecule has 0 aromatic rings. The molecule has 2 nitrogen and oxygen atoms in total. The highest BCUT2D eigenvalue weighted by Gasteiger charge is 2.45. The first-order valence-electron chi connectivity index (χ1n) is 4.93. The number of amides is 1. The quantitative estimate of drug-likeness (QED) is 0.591. The molecule has 1 saturated heterocycles. The number of β-lactam (4-membered cyclic amide) rings is 1. The van der Waals surface area contributed by atoms with Gasteiger partial charge in [-0.05, 0) is 19.8 Å². The van der Waals surface area contributed by atoms with E-state index < -0.39 is 0 Å². The zero-order valence-electron chi connectivity index (χ0n) is 8.50. The van der Waals surface area contributed by atoms with Gasteiger partial charge in [0.25, 0.3) is 0 Å². The third-order valence-corrected chi connectivity index (χ3v) is 3.18. The van der Waals surface area contributed by atoms with Crippen LogP contribution in [0.5, 0.6) is 0 Å². The number of nitrogens with zero attached hydrogens (tertiary/aromatic N) is 1. The Balaban J connectivity index is 2.55. The molecule has 0 aliphatic carbocycles. The molecule has 0 spiro atoms. The summed E-state index contributed by atoms with van der Waals surface area (Å²) in [5, 5.41) is 0. The first-order valence-corrected chi connectivity index (χ1v) is 4.93. The van der Waals surface area contributed by atoms with Crippen LogP contribution in [-0.4, -0.2) is 23.4 Å². The molecule has 1 aliphatic heterocycles. The van der Waals surface area contributed by atoms with E-state index in [0.717, 1.165) is 13.0 Å². The highest BCUT2D eigenvalue weighted by atomic mass is 16.2. The molecule has 3 atom stereocenters. The normalized spacial score (nSPS) is 31.7. The first-order chi connectivity index (χ1) is 5.63. The fourth-order valence-corrected chi connectivity index (χ4v) is 2.13. The van der Waals surface area contributed by atoms with Crippen LogP contribution in [0.15, 0.2) is 0 Å². The average molecular weight is 169 g/mol. The maximum Gasteiger partial charge on any atom is 0.228 e. The topological polar surface area (TPSA) is 20.3 Å². The summed E-state index contributed by atoms with van der Waals surface area (Å²) in [5.74, 6) is 1.21. The van der Waals surface area contributed by atoms with Crippen LogP contribution >= 0.6 is 0 Å². The molecular formula is C10H19NO. The van der Waals surface area contributed by atoms with Crippen LogP contribution in [0.2, 0.25) is 0 Å². The Morgan fingerprint density at radius 3 is 2.42 bits per heavy atom. The van der Waals surface area contributed by atoms with Crippen molar-refractivity contribution in [2.75, 3.05) is 6.54 Å². The zero-order chi connectivity index (χ0) is 9.30. The average Bonchev–Trinajstić information content (AvgIpc) is 2.05. The van der Waals surface area contributed by atoms with Crippen molar-refractivity contribution in [3.8, 4) is 0 Å². The lowest BCUT2D eigenvalue weighted by Crippen LogP contribution is -2.61. The Labute approximate surface area is 74.9 Å². The molecule has 12 heavy (non-hydrogen) atoms. The van der Waals surface area contributed by atoms with Gasteiger partial charge in [-0.3, -0.25) is 4.79 Å². The van der Waals surface area contributed by atoms with Crippen molar-refractivity contribution in [3.05, 3.63) is 0 Å². The predicted octanol–water partition coefficient (Wildman–Crippen LogP) is 1.90. The molecule has 0 unspecified atom stereocenters. The standard InChI is InChI=1S/C10H19NO/c1-5-7(3)9-8(4)11(6-2)10(9)12/h7-9H,5-6H2,1-4H3/t7-,8-,9-/m0/s1. The fourth-order valence-electron chi connectivity index (χ4n) is 2.13. The summed E-state index contributed by atoms with van der Waals surface area (Å²) in [7, 11) is 0. The minimum atomic E-state index is 0.301. The van der Waals surface area contributed by atoms with Gasteiger partial charge in [0.15, 0.2) is 0 Å². The smallest absolute Gasteiger partial charge is 0.228 e. The molecule has 0 N–H and O–H groups in total. The summed E-state index contributed by atoms with van der Waals surface area (Å²) in [6, 6.07) is 0.470. The van der Waals surface area contributed by atoms with Crippen molar-refractivity contribution >= 4 is 5.91 Å². The molecule has 70 valence electrons. The van der Waals surface area contributed by atoms with Gasteiger partial charge in [-0.1, -0.05) is 20.3 Å². The van der Waals surface area contributed by atoms with E-state index in [1.165, 1.54) is 0 Å². The second-order valence-corrected chi connectivity index (χ2v) is 3.78. The van der Waals surface area contributed by atoms with E-state index >= 15 is 0 Å². The summed E-state index contributed by atoms with van der Waals surface area (Å²) < 4.78 is 0. The third kappa shape index (κ3) is 1.23. The molecule has 0 bridgehead atoms. The first kappa shape index (κ1) is 9.56. The highest BCUT2D eigenvalue weighted by molar-refractivity contribution is 5.86. The molecule has 1 rings (SSSR count). The lowest BCUT2D eigenvalue weighted by Gasteiger charge is -2.47. The maximum absolute atomic E-state index is 11.5. The molecule has 1 amide bonds. The van der Waals surface area contributed by atoms with Crippen molar-refractivity contribution in [2.24, 2.45) is 11.8 Å². The lowest BCUT2D eigenvalue weighted by molar-refractivity contribution is -0.158.